The summed E-state index contributed by atoms with van der Waals surface area (Å²) in [6.07, 6.45) is 4.57. The molecule has 1 atom stereocenters. The van der Waals surface area contributed by atoms with E-state index in [4.69, 9.17) is 0 Å². The van der Waals surface area contributed by atoms with Crippen molar-refractivity contribution >= 4 is 21.8 Å². The van der Waals surface area contributed by atoms with Crippen molar-refractivity contribution in [2.45, 2.75) is 65.3 Å². The molecule has 0 bridgehead atoms. The quantitative estimate of drug-likeness (QED) is 0.743. The third-order valence-electron chi connectivity index (χ3n) is 3.14. The molecule has 108 valence electrons. The average Bonchev–Trinajstić information content (AvgIpc) is 2.71. The lowest BCUT2D eigenvalue weighted by Gasteiger charge is -2.12. The Balaban J connectivity index is 2.58. The number of unbranched alkanes of at least 4 members (excludes halogenated alkanes) is 2. The Morgan fingerprint density at radius 2 is 2.05 bits per heavy atom. The van der Waals surface area contributed by atoms with Gasteiger partial charge in [-0.25, -0.2) is 0 Å². The van der Waals surface area contributed by atoms with Gasteiger partial charge in [0, 0.05) is 6.04 Å². The van der Waals surface area contributed by atoms with E-state index >= 15 is 0 Å². The minimum Gasteiger partial charge on any atom is -0.348 e. The fraction of sp³-hybridized carbons (Fsp3) is 0.714. The molecule has 1 amide bonds. The molecule has 0 spiro atoms. The number of rotatable bonds is 7. The summed E-state index contributed by atoms with van der Waals surface area (Å²) in [7, 11) is 0. The van der Waals surface area contributed by atoms with E-state index in [1.54, 1.807) is 0 Å². The molecular formula is C14H24BrN3O. The molecule has 0 fully saturated rings. The molecule has 0 radical (unpaired) electrons. The monoisotopic (exact) mass is 329 g/mol. The molecule has 4 nitrogen and oxygen atoms in total. The Bertz CT molecular complexity index is 415. The van der Waals surface area contributed by atoms with Gasteiger partial charge in [0.1, 0.15) is 0 Å². The van der Waals surface area contributed by atoms with Crippen LogP contribution in [0.5, 0.6) is 0 Å². The normalized spacial score (nSPS) is 12.7. The van der Waals surface area contributed by atoms with Gasteiger partial charge < -0.3 is 5.32 Å². The Morgan fingerprint density at radius 3 is 2.58 bits per heavy atom. The van der Waals surface area contributed by atoms with Crippen LogP contribution in [0.2, 0.25) is 0 Å². The number of nitrogens with one attached hydrogen (secondary N) is 2. The van der Waals surface area contributed by atoms with E-state index in [1.807, 2.05) is 6.92 Å². The van der Waals surface area contributed by atoms with Crippen LogP contribution in [0.25, 0.3) is 0 Å². The van der Waals surface area contributed by atoms with Crippen LogP contribution in [0.4, 0.5) is 0 Å². The molecule has 5 heteroatoms. The van der Waals surface area contributed by atoms with Crippen LogP contribution < -0.4 is 5.32 Å². The highest BCUT2D eigenvalue weighted by atomic mass is 79.9. The fourth-order valence-electron chi connectivity index (χ4n) is 1.94. The Kier molecular flexibility index (Phi) is 6.55. The number of aromatic amines is 1. The van der Waals surface area contributed by atoms with Gasteiger partial charge in [-0.2, -0.15) is 5.10 Å². The first kappa shape index (κ1) is 16.2. The zero-order chi connectivity index (χ0) is 14.4. The van der Waals surface area contributed by atoms with Gasteiger partial charge in [-0.15, -0.1) is 0 Å². The fourth-order valence-corrected chi connectivity index (χ4v) is 2.75. The van der Waals surface area contributed by atoms with Crippen LogP contribution in [0.3, 0.4) is 0 Å². The van der Waals surface area contributed by atoms with Crippen molar-refractivity contribution in [2.24, 2.45) is 0 Å². The van der Waals surface area contributed by atoms with Crippen molar-refractivity contribution in [2.75, 3.05) is 0 Å². The summed E-state index contributed by atoms with van der Waals surface area (Å²) in [5.74, 6) is 0.199. The maximum atomic E-state index is 12.1. The van der Waals surface area contributed by atoms with Gasteiger partial charge in [0.15, 0.2) is 5.69 Å². The predicted octanol–water partition coefficient (Wildman–Crippen LogP) is 3.99. The summed E-state index contributed by atoms with van der Waals surface area (Å²) in [5, 5.41) is 10.0. The predicted molar refractivity (Wildman–Crippen MR) is 81.4 cm³/mol. The van der Waals surface area contributed by atoms with Crippen LogP contribution in [0.15, 0.2) is 4.47 Å². The number of carbonyl (C=O) groups is 1. The van der Waals surface area contributed by atoms with Gasteiger partial charge in [0.05, 0.1) is 10.2 Å². The maximum absolute atomic E-state index is 12.1. The first-order valence-electron chi connectivity index (χ1n) is 7.02. The van der Waals surface area contributed by atoms with Crippen LogP contribution in [0.1, 0.15) is 75.5 Å². The third kappa shape index (κ3) is 4.64. The molecule has 1 unspecified atom stereocenters. The van der Waals surface area contributed by atoms with E-state index in [1.165, 1.54) is 12.8 Å². The summed E-state index contributed by atoms with van der Waals surface area (Å²) >= 11 is 3.45. The maximum Gasteiger partial charge on any atom is 0.273 e. The van der Waals surface area contributed by atoms with Crippen molar-refractivity contribution in [1.82, 2.24) is 15.5 Å². The molecule has 0 aliphatic carbocycles. The van der Waals surface area contributed by atoms with Crippen LogP contribution in [-0.4, -0.2) is 22.1 Å². The molecule has 0 aliphatic rings. The molecule has 1 aromatic heterocycles. The molecular weight excluding hydrogens is 306 g/mol. The second-order valence-electron chi connectivity index (χ2n) is 5.32. The van der Waals surface area contributed by atoms with Crippen molar-refractivity contribution in [3.05, 3.63) is 15.9 Å². The van der Waals surface area contributed by atoms with Gasteiger partial charge >= 0.3 is 0 Å². The van der Waals surface area contributed by atoms with Crippen molar-refractivity contribution in [3.63, 3.8) is 0 Å². The summed E-state index contributed by atoms with van der Waals surface area (Å²) < 4.78 is 0.778. The van der Waals surface area contributed by atoms with Gasteiger partial charge in [-0.1, -0.05) is 40.0 Å². The number of aromatic nitrogens is 2. The number of hydrogen-bond donors (Lipinski definition) is 2. The van der Waals surface area contributed by atoms with E-state index < -0.39 is 0 Å². The van der Waals surface area contributed by atoms with Crippen LogP contribution >= 0.6 is 15.9 Å². The molecule has 1 heterocycles. The minimum atomic E-state index is -0.112. The summed E-state index contributed by atoms with van der Waals surface area (Å²) in [5.41, 5.74) is 1.41. The lowest BCUT2D eigenvalue weighted by molar-refractivity contribution is 0.0932. The number of carbonyl (C=O) groups excluding carboxylic acids is 1. The van der Waals surface area contributed by atoms with Gasteiger partial charge in [-0.05, 0) is 35.2 Å². The van der Waals surface area contributed by atoms with E-state index in [2.05, 4.69) is 52.2 Å². The standard InChI is InChI=1S/C14H24BrN3O/c1-5-6-7-8-10(4)16-14(19)13-11(15)12(9(2)3)17-18-13/h9-10H,5-8H2,1-4H3,(H,16,19)(H,17,18). The van der Waals surface area contributed by atoms with E-state index in [0.29, 0.717) is 11.6 Å². The summed E-state index contributed by atoms with van der Waals surface area (Å²) in [6.45, 7) is 8.34. The summed E-state index contributed by atoms with van der Waals surface area (Å²) in [6, 6.07) is 0.185. The van der Waals surface area contributed by atoms with Crippen LogP contribution in [-0.2, 0) is 0 Å². The van der Waals surface area contributed by atoms with E-state index in [9.17, 15) is 4.79 Å². The average molecular weight is 330 g/mol. The van der Waals surface area contributed by atoms with Crippen molar-refractivity contribution in [3.8, 4) is 0 Å². The lowest BCUT2D eigenvalue weighted by atomic mass is 10.1. The zero-order valence-electron chi connectivity index (χ0n) is 12.2. The highest BCUT2D eigenvalue weighted by Gasteiger charge is 2.20. The topological polar surface area (TPSA) is 57.8 Å². The number of nitrogens with zero attached hydrogens (tertiary/aromatic N) is 1. The number of amides is 1. The van der Waals surface area contributed by atoms with E-state index in [-0.39, 0.29) is 11.9 Å². The minimum absolute atomic E-state index is 0.112. The molecule has 0 saturated carbocycles. The van der Waals surface area contributed by atoms with Crippen molar-refractivity contribution in [1.29, 1.82) is 0 Å². The Morgan fingerprint density at radius 1 is 1.37 bits per heavy atom. The molecule has 2 N–H and O–H groups in total. The molecule has 19 heavy (non-hydrogen) atoms. The first-order valence-corrected chi connectivity index (χ1v) is 7.81. The second kappa shape index (κ2) is 7.68. The van der Waals surface area contributed by atoms with Gasteiger partial charge in [0.2, 0.25) is 0 Å². The van der Waals surface area contributed by atoms with Gasteiger partial charge in [0.25, 0.3) is 5.91 Å². The molecule has 0 saturated heterocycles. The van der Waals surface area contributed by atoms with E-state index in [0.717, 1.165) is 23.0 Å². The Labute approximate surface area is 123 Å². The van der Waals surface area contributed by atoms with Crippen LogP contribution in [0, 0.1) is 0 Å². The first-order chi connectivity index (χ1) is 8.97. The zero-order valence-corrected chi connectivity index (χ0v) is 13.8. The highest BCUT2D eigenvalue weighted by Crippen LogP contribution is 2.25. The largest absolute Gasteiger partial charge is 0.348 e. The second-order valence-corrected chi connectivity index (χ2v) is 6.12. The SMILES string of the molecule is CCCCCC(C)NC(=O)c1n[nH]c(C(C)C)c1Br. The molecule has 0 aromatic carbocycles. The molecule has 0 aliphatic heterocycles. The number of H-pyrrole nitrogens is 1. The van der Waals surface area contributed by atoms with Crippen molar-refractivity contribution < 1.29 is 4.79 Å². The number of halogens is 1. The third-order valence-corrected chi connectivity index (χ3v) is 3.95. The lowest BCUT2D eigenvalue weighted by Crippen LogP contribution is -2.33. The smallest absolute Gasteiger partial charge is 0.273 e. The highest BCUT2D eigenvalue weighted by molar-refractivity contribution is 9.10. The van der Waals surface area contributed by atoms with Gasteiger partial charge in [-0.3, -0.25) is 9.89 Å². The molecule has 1 aromatic rings. The Hall–Kier alpha value is -0.840. The molecule has 1 rings (SSSR count). The number of hydrogen-bond acceptors (Lipinski definition) is 2. The summed E-state index contributed by atoms with van der Waals surface area (Å²) in [4.78, 5) is 12.1.